The topological polar surface area (TPSA) is 102 Å². The number of pyridine rings is 1. The van der Waals surface area contributed by atoms with Crippen molar-refractivity contribution in [3.8, 4) is 5.75 Å². The molecule has 0 bridgehead atoms. The average molecular weight is 488 g/mol. The molecule has 0 aromatic carbocycles. The second kappa shape index (κ2) is 8.64. The molecular formula is C24H33N5O4S. The quantitative estimate of drug-likeness (QED) is 0.649. The van der Waals surface area contributed by atoms with Crippen molar-refractivity contribution >= 4 is 21.6 Å². The summed E-state index contributed by atoms with van der Waals surface area (Å²) in [5.74, 6) is 2.08. The largest absolute Gasteiger partial charge is 0.488 e. The molecule has 0 saturated carbocycles. The van der Waals surface area contributed by atoms with Crippen molar-refractivity contribution in [3.63, 3.8) is 0 Å². The Morgan fingerprint density at radius 2 is 1.91 bits per heavy atom. The molecular weight excluding hydrogens is 454 g/mol. The van der Waals surface area contributed by atoms with Crippen molar-refractivity contribution in [1.82, 2.24) is 19.4 Å². The van der Waals surface area contributed by atoms with Crippen molar-refractivity contribution in [1.29, 1.82) is 0 Å². The number of hydrogen-bond donors (Lipinski definition) is 0. The van der Waals surface area contributed by atoms with Crippen LogP contribution in [0.15, 0.2) is 22.9 Å². The molecule has 9 nitrogen and oxygen atoms in total. The summed E-state index contributed by atoms with van der Waals surface area (Å²) in [5.41, 5.74) is 3.10. The zero-order valence-corrected chi connectivity index (χ0v) is 21.1. The Hall–Kier alpha value is -2.46. The van der Waals surface area contributed by atoms with Gasteiger partial charge >= 0.3 is 6.01 Å². The minimum absolute atomic E-state index is 0.128. The molecule has 10 heteroatoms. The number of nitrogens with zero attached hydrogens (tertiary/aromatic N) is 5. The summed E-state index contributed by atoms with van der Waals surface area (Å²) >= 11 is 0. The molecule has 5 rings (SSSR count). The predicted octanol–water partition coefficient (Wildman–Crippen LogP) is 3.03. The summed E-state index contributed by atoms with van der Waals surface area (Å²) in [6.07, 6.45) is 8.80. The molecule has 0 amide bonds. The standard InChI is InChI=1S/C24H33N5O4S/c1-24(2,3)22-26-23(33-27-22)28-9-5-17(6-10-28)20-14-18-13-19(25-15-21(18)32-20)16-7-11-29(12-8-16)34(4,30)31/h7,13,15,17,20H,5-6,8-12,14H2,1-4H3. The third-order valence-electron chi connectivity index (χ3n) is 7.04. The lowest BCUT2D eigenvalue weighted by Gasteiger charge is -2.33. The van der Waals surface area contributed by atoms with Crippen LogP contribution in [0.1, 0.15) is 57.1 Å². The van der Waals surface area contributed by atoms with E-state index >= 15 is 0 Å². The molecule has 0 radical (unpaired) electrons. The Morgan fingerprint density at radius 1 is 1.15 bits per heavy atom. The maximum Gasteiger partial charge on any atom is 0.324 e. The Labute approximate surface area is 201 Å². The summed E-state index contributed by atoms with van der Waals surface area (Å²) in [6, 6.07) is 2.74. The van der Waals surface area contributed by atoms with Gasteiger partial charge in [0, 0.05) is 43.6 Å². The highest BCUT2D eigenvalue weighted by atomic mass is 32.2. The predicted molar refractivity (Wildman–Crippen MR) is 129 cm³/mol. The van der Waals surface area contributed by atoms with E-state index in [-0.39, 0.29) is 11.5 Å². The molecule has 0 spiro atoms. The highest BCUT2D eigenvalue weighted by Gasteiger charge is 2.35. The van der Waals surface area contributed by atoms with Gasteiger partial charge in [-0.05, 0) is 36.8 Å². The molecule has 184 valence electrons. The highest BCUT2D eigenvalue weighted by molar-refractivity contribution is 7.88. The summed E-state index contributed by atoms with van der Waals surface area (Å²) in [4.78, 5) is 11.4. The third kappa shape index (κ3) is 4.70. The molecule has 5 heterocycles. The fourth-order valence-corrected chi connectivity index (χ4v) is 5.67. The van der Waals surface area contributed by atoms with Gasteiger partial charge in [-0.15, -0.1) is 0 Å². The smallest absolute Gasteiger partial charge is 0.324 e. The first kappa shape index (κ1) is 23.3. The summed E-state index contributed by atoms with van der Waals surface area (Å²) in [6.45, 7) is 8.90. The SMILES string of the molecule is CC(C)(C)c1noc(N2CCC(C3Cc4cc(C5=CCN(S(C)(=O)=O)CC5)ncc4O3)CC2)n1. The number of ether oxygens (including phenoxy) is 1. The molecule has 0 N–H and O–H groups in total. The van der Waals surface area contributed by atoms with Gasteiger partial charge in [0.2, 0.25) is 10.0 Å². The number of fused-ring (bicyclic) bond motifs is 1. The lowest BCUT2D eigenvalue weighted by molar-refractivity contribution is 0.137. The van der Waals surface area contributed by atoms with Crippen LogP contribution in [-0.4, -0.2) is 66.4 Å². The molecule has 2 aromatic heterocycles. The number of hydrogen-bond acceptors (Lipinski definition) is 8. The van der Waals surface area contributed by atoms with Crippen LogP contribution in [0.4, 0.5) is 6.01 Å². The Morgan fingerprint density at radius 3 is 2.53 bits per heavy atom. The van der Waals surface area contributed by atoms with Crippen molar-refractivity contribution in [2.24, 2.45) is 5.92 Å². The van der Waals surface area contributed by atoms with E-state index in [9.17, 15) is 8.42 Å². The van der Waals surface area contributed by atoms with Crippen LogP contribution in [0, 0.1) is 5.92 Å². The van der Waals surface area contributed by atoms with E-state index in [0.29, 0.717) is 31.4 Å². The first-order valence-corrected chi connectivity index (χ1v) is 13.8. The van der Waals surface area contributed by atoms with Gasteiger partial charge in [0.1, 0.15) is 11.9 Å². The zero-order valence-electron chi connectivity index (χ0n) is 20.3. The molecule has 1 unspecified atom stereocenters. The number of anilines is 1. The van der Waals surface area contributed by atoms with E-state index in [2.05, 4.69) is 46.9 Å². The second-order valence-electron chi connectivity index (χ2n) is 10.6. The van der Waals surface area contributed by atoms with E-state index < -0.39 is 10.0 Å². The molecule has 3 aliphatic heterocycles. The lowest BCUT2D eigenvalue weighted by atomic mass is 9.89. The van der Waals surface area contributed by atoms with Gasteiger partial charge in [0.15, 0.2) is 5.82 Å². The van der Waals surface area contributed by atoms with Gasteiger partial charge in [0.05, 0.1) is 18.1 Å². The molecule has 1 fully saturated rings. The van der Waals surface area contributed by atoms with E-state index in [1.807, 2.05) is 12.3 Å². The van der Waals surface area contributed by atoms with Crippen LogP contribution in [0.5, 0.6) is 5.75 Å². The van der Waals surface area contributed by atoms with Gasteiger partial charge in [-0.2, -0.15) is 9.29 Å². The minimum Gasteiger partial charge on any atom is -0.488 e. The normalized spacial score (nSPS) is 22.4. The Kier molecular flexibility index (Phi) is 5.92. The fraction of sp³-hybridized carbons (Fsp3) is 0.625. The van der Waals surface area contributed by atoms with E-state index in [1.165, 1.54) is 16.1 Å². The molecule has 1 saturated heterocycles. The van der Waals surface area contributed by atoms with Crippen LogP contribution in [0.25, 0.3) is 5.57 Å². The average Bonchev–Trinajstić information content (AvgIpc) is 3.46. The third-order valence-corrected chi connectivity index (χ3v) is 8.31. The molecule has 2 aromatic rings. The Balaban J connectivity index is 1.19. The van der Waals surface area contributed by atoms with Crippen LogP contribution in [-0.2, 0) is 21.9 Å². The fourth-order valence-electron chi connectivity index (χ4n) is 4.91. The number of rotatable bonds is 4. The van der Waals surface area contributed by atoms with Crippen molar-refractivity contribution in [3.05, 3.63) is 35.4 Å². The monoisotopic (exact) mass is 487 g/mol. The molecule has 34 heavy (non-hydrogen) atoms. The van der Waals surface area contributed by atoms with Crippen molar-refractivity contribution < 1.29 is 17.7 Å². The van der Waals surface area contributed by atoms with E-state index in [1.54, 1.807) is 0 Å². The maximum atomic E-state index is 11.8. The second-order valence-corrected chi connectivity index (χ2v) is 12.6. The van der Waals surface area contributed by atoms with Gasteiger partial charge in [-0.3, -0.25) is 4.98 Å². The maximum absolute atomic E-state index is 11.8. The van der Waals surface area contributed by atoms with Crippen LogP contribution in [0.2, 0.25) is 0 Å². The molecule has 3 aliphatic rings. The van der Waals surface area contributed by atoms with Gasteiger partial charge in [-0.1, -0.05) is 32.0 Å². The summed E-state index contributed by atoms with van der Waals surface area (Å²) < 4.78 is 36.8. The minimum atomic E-state index is -3.16. The van der Waals surface area contributed by atoms with Crippen LogP contribution >= 0.6 is 0 Å². The Bertz CT molecular complexity index is 1190. The van der Waals surface area contributed by atoms with Crippen LogP contribution in [0.3, 0.4) is 0 Å². The number of sulfonamides is 1. The van der Waals surface area contributed by atoms with Crippen molar-refractivity contribution in [2.45, 2.75) is 58.0 Å². The first-order valence-electron chi connectivity index (χ1n) is 12.0. The van der Waals surface area contributed by atoms with E-state index in [4.69, 9.17) is 9.26 Å². The van der Waals surface area contributed by atoms with Gasteiger partial charge in [-0.25, -0.2) is 8.42 Å². The highest BCUT2D eigenvalue weighted by Crippen LogP contribution is 2.37. The molecule has 0 aliphatic carbocycles. The number of piperidine rings is 1. The van der Waals surface area contributed by atoms with Crippen molar-refractivity contribution in [2.75, 3.05) is 37.3 Å². The summed E-state index contributed by atoms with van der Waals surface area (Å²) in [5, 5.41) is 4.15. The summed E-state index contributed by atoms with van der Waals surface area (Å²) in [7, 11) is -3.16. The van der Waals surface area contributed by atoms with Crippen LogP contribution < -0.4 is 9.64 Å². The lowest BCUT2D eigenvalue weighted by Crippen LogP contribution is -2.39. The number of aromatic nitrogens is 3. The van der Waals surface area contributed by atoms with Gasteiger partial charge < -0.3 is 14.2 Å². The zero-order chi connectivity index (χ0) is 24.1. The van der Waals surface area contributed by atoms with E-state index in [0.717, 1.165) is 55.2 Å². The first-order chi connectivity index (χ1) is 16.1. The molecule has 1 atom stereocenters. The van der Waals surface area contributed by atoms with Gasteiger partial charge in [0.25, 0.3) is 0 Å².